The predicted octanol–water partition coefficient (Wildman–Crippen LogP) is 6.45. The van der Waals surface area contributed by atoms with Crippen molar-refractivity contribution >= 4 is 11.7 Å². The molecule has 2 aromatic carbocycles. The summed E-state index contributed by atoms with van der Waals surface area (Å²) in [5.41, 5.74) is 2.74. The molecule has 0 radical (unpaired) electrons. The maximum atomic E-state index is 13.8. The molecular weight excluding hydrogens is 486 g/mol. The van der Waals surface area contributed by atoms with E-state index >= 15 is 0 Å². The van der Waals surface area contributed by atoms with Crippen molar-refractivity contribution < 1.29 is 18.0 Å². The lowest BCUT2D eigenvalue weighted by Gasteiger charge is -2.37. The van der Waals surface area contributed by atoms with Crippen molar-refractivity contribution in [3.05, 3.63) is 72.1 Å². The number of fused-ring (bicyclic) bond motifs is 1. The number of likely N-dealkylation sites (tertiary alicyclic amines) is 1. The summed E-state index contributed by atoms with van der Waals surface area (Å²) >= 11 is 0. The van der Waals surface area contributed by atoms with E-state index in [1.807, 2.05) is 11.0 Å². The van der Waals surface area contributed by atoms with Gasteiger partial charge in [-0.05, 0) is 106 Å². The van der Waals surface area contributed by atoms with E-state index in [2.05, 4.69) is 33.4 Å². The van der Waals surface area contributed by atoms with Crippen molar-refractivity contribution in [1.29, 1.82) is 0 Å². The molecule has 1 aromatic heterocycles. The van der Waals surface area contributed by atoms with E-state index in [-0.39, 0.29) is 23.2 Å². The summed E-state index contributed by atoms with van der Waals surface area (Å²) in [7, 11) is 0. The average Bonchev–Trinajstić information content (AvgIpc) is 3.26. The summed E-state index contributed by atoms with van der Waals surface area (Å²) in [4.78, 5) is 22.2. The first-order valence-corrected chi connectivity index (χ1v) is 13.8. The Labute approximate surface area is 222 Å². The van der Waals surface area contributed by atoms with Gasteiger partial charge in [0.2, 0.25) is 5.89 Å². The van der Waals surface area contributed by atoms with Crippen LogP contribution in [0.25, 0.3) is 11.5 Å². The van der Waals surface area contributed by atoms with E-state index in [0.717, 1.165) is 69.4 Å². The van der Waals surface area contributed by atoms with Crippen LogP contribution in [-0.2, 0) is 5.41 Å². The van der Waals surface area contributed by atoms with Crippen LogP contribution in [0.5, 0.6) is 0 Å². The minimum atomic E-state index is -0.962. The van der Waals surface area contributed by atoms with Crippen molar-refractivity contribution in [2.75, 3.05) is 31.5 Å². The quantitative estimate of drug-likeness (QED) is 0.371. The molecule has 3 fully saturated rings. The first-order valence-electron chi connectivity index (χ1n) is 13.8. The van der Waals surface area contributed by atoms with Crippen LogP contribution in [0.2, 0.25) is 0 Å². The van der Waals surface area contributed by atoms with E-state index in [1.54, 1.807) is 12.5 Å². The van der Waals surface area contributed by atoms with Gasteiger partial charge in [-0.2, -0.15) is 0 Å². The number of hydrogen-bond donors (Lipinski definition) is 1. The number of halogens is 2. The van der Waals surface area contributed by atoms with Gasteiger partial charge in [-0.3, -0.25) is 0 Å². The molecule has 3 atom stereocenters. The van der Waals surface area contributed by atoms with Crippen LogP contribution in [0.1, 0.15) is 50.5 Å². The minimum Gasteiger partial charge on any atom is -0.445 e. The standard InChI is InChI=1S/C30H34F2N4O2/c31-26-8-7-24(19-27(26)32)34-29(37)36(15-4-14-35-12-1-2-13-35)25-9-10-30(20-23(30)18-25)22-6-3-5-21(17-22)28-33-11-16-38-28/h3,5-8,11,16-17,19,23,25H,1-2,4,9-10,12-15,18,20H2,(H,34,37). The number of rotatable bonds is 8. The Morgan fingerprint density at radius 3 is 2.79 bits per heavy atom. The Morgan fingerprint density at radius 2 is 2.03 bits per heavy atom. The summed E-state index contributed by atoms with van der Waals surface area (Å²) in [5.74, 6) is -0.740. The molecule has 3 aliphatic rings. The minimum absolute atomic E-state index is 0.120. The van der Waals surface area contributed by atoms with Crippen LogP contribution in [0.15, 0.2) is 59.3 Å². The highest BCUT2D eigenvalue weighted by Crippen LogP contribution is 2.63. The fourth-order valence-corrected chi connectivity index (χ4v) is 6.67. The van der Waals surface area contributed by atoms with Crippen LogP contribution in [0.4, 0.5) is 19.3 Å². The predicted molar refractivity (Wildman–Crippen MR) is 142 cm³/mol. The van der Waals surface area contributed by atoms with Gasteiger partial charge < -0.3 is 19.5 Å². The zero-order valence-corrected chi connectivity index (χ0v) is 21.5. The Morgan fingerprint density at radius 1 is 1.16 bits per heavy atom. The first kappa shape index (κ1) is 25.0. The zero-order valence-electron chi connectivity index (χ0n) is 21.5. The number of nitrogens with one attached hydrogen (secondary N) is 1. The fraction of sp³-hybridized carbons (Fsp3) is 0.467. The molecule has 3 unspecified atom stereocenters. The van der Waals surface area contributed by atoms with E-state index in [0.29, 0.717) is 18.4 Å². The highest BCUT2D eigenvalue weighted by Gasteiger charge is 2.58. The number of carbonyl (C=O) groups excluding carboxylic acids is 1. The van der Waals surface area contributed by atoms with Crippen molar-refractivity contribution in [2.45, 2.75) is 56.4 Å². The number of urea groups is 1. The van der Waals surface area contributed by atoms with Gasteiger partial charge in [0.15, 0.2) is 11.6 Å². The lowest BCUT2D eigenvalue weighted by molar-refractivity contribution is 0.156. The molecule has 0 bridgehead atoms. The number of hydrogen-bond acceptors (Lipinski definition) is 4. The SMILES string of the molecule is O=C(Nc1ccc(F)c(F)c1)N(CCCN1CCCC1)C1CCC2(c3cccc(-c4ncco4)c3)CC2C1. The maximum Gasteiger partial charge on any atom is 0.322 e. The van der Waals surface area contributed by atoms with Gasteiger partial charge in [-0.1, -0.05) is 12.1 Å². The topological polar surface area (TPSA) is 61.6 Å². The highest BCUT2D eigenvalue weighted by molar-refractivity contribution is 5.89. The number of carbonyl (C=O) groups is 1. The summed E-state index contributed by atoms with van der Waals surface area (Å²) in [5, 5.41) is 2.83. The lowest BCUT2D eigenvalue weighted by Crippen LogP contribution is -2.46. The average molecular weight is 521 g/mol. The molecule has 2 amide bonds. The molecule has 1 aliphatic heterocycles. The van der Waals surface area contributed by atoms with Gasteiger partial charge in [-0.15, -0.1) is 0 Å². The summed E-state index contributed by atoms with van der Waals surface area (Å²) in [6.45, 7) is 3.88. The largest absolute Gasteiger partial charge is 0.445 e. The van der Waals surface area contributed by atoms with Gasteiger partial charge in [0.05, 0.1) is 6.20 Å². The third-order valence-corrected chi connectivity index (χ3v) is 8.77. The zero-order chi connectivity index (χ0) is 26.1. The third-order valence-electron chi connectivity index (χ3n) is 8.77. The number of amides is 2. The summed E-state index contributed by atoms with van der Waals surface area (Å²) in [6.07, 6.45) is 10.6. The Bertz CT molecular complexity index is 1280. The number of aromatic nitrogens is 1. The molecule has 2 heterocycles. The second-order valence-corrected chi connectivity index (χ2v) is 11.1. The molecule has 8 heteroatoms. The van der Waals surface area contributed by atoms with Gasteiger partial charge in [-0.25, -0.2) is 18.6 Å². The number of benzene rings is 2. The smallest absolute Gasteiger partial charge is 0.322 e. The van der Waals surface area contributed by atoms with Gasteiger partial charge in [0.25, 0.3) is 0 Å². The molecule has 2 saturated carbocycles. The molecule has 3 aromatic rings. The van der Waals surface area contributed by atoms with Crippen LogP contribution >= 0.6 is 0 Å². The molecule has 1 N–H and O–H groups in total. The Hall–Kier alpha value is -3.26. The number of anilines is 1. The number of oxazole rings is 1. The van der Waals surface area contributed by atoms with Crippen molar-refractivity contribution in [1.82, 2.24) is 14.8 Å². The molecule has 0 spiro atoms. The molecular formula is C30H34F2N4O2. The molecule has 2 aliphatic carbocycles. The van der Waals surface area contributed by atoms with Crippen LogP contribution in [-0.4, -0.2) is 53.0 Å². The van der Waals surface area contributed by atoms with Crippen LogP contribution < -0.4 is 5.32 Å². The molecule has 38 heavy (non-hydrogen) atoms. The van der Waals surface area contributed by atoms with E-state index < -0.39 is 11.6 Å². The highest BCUT2D eigenvalue weighted by atomic mass is 19.2. The second kappa shape index (κ2) is 10.5. The first-order chi connectivity index (χ1) is 18.5. The Balaban J connectivity index is 1.15. The van der Waals surface area contributed by atoms with Crippen LogP contribution in [0, 0.1) is 17.6 Å². The molecule has 6 nitrogen and oxygen atoms in total. The molecule has 1 saturated heterocycles. The van der Waals surface area contributed by atoms with Crippen molar-refractivity contribution in [3.63, 3.8) is 0 Å². The van der Waals surface area contributed by atoms with Crippen molar-refractivity contribution in [2.24, 2.45) is 5.92 Å². The summed E-state index contributed by atoms with van der Waals surface area (Å²) < 4.78 is 32.7. The van der Waals surface area contributed by atoms with Crippen LogP contribution in [0.3, 0.4) is 0 Å². The lowest BCUT2D eigenvalue weighted by atomic mass is 9.80. The third kappa shape index (κ3) is 5.06. The van der Waals surface area contributed by atoms with Gasteiger partial charge in [0, 0.05) is 29.9 Å². The fourth-order valence-electron chi connectivity index (χ4n) is 6.67. The monoisotopic (exact) mass is 520 g/mol. The van der Waals surface area contributed by atoms with E-state index in [4.69, 9.17) is 4.42 Å². The van der Waals surface area contributed by atoms with Gasteiger partial charge in [0.1, 0.15) is 6.26 Å². The van der Waals surface area contributed by atoms with Crippen molar-refractivity contribution in [3.8, 4) is 11.5 Å². The Kier molecular flexibility index (Phi) is 6.91. The maximum absolute atomic E-state index is 13.8. The second-order valence-electron chi connectivity index (χ2n) is 11.1. The molecule has 200 valence electrons. The van der Waals surface area contributed by atoms with Gasteiger partial charge >= 0.3 is 6.03 Å². The normalized spacial score (nSPS) is 24.7. The van der Waals surface area contributed by atoms with E-state index in [1.165, 1.54) is 24.5 Å². The van der Waals surface area contributed by atoms with E-state index in [9.17, 15) is 13.6 Å². The summed E-state index contributed by atoms with van der Waals surface area (Å²) in [6, 6.07) is 11.9. The molecule has 6 rings (SSSR count). The number of nitrogens with zero attached hydrogens (tertiary/aromatic N) is 3.